The van der Waals surface area contributed by atoms with Crippen LogP contribution in [0.5, 0.6) is 0 Å². The van der Waals surface area contributed by atoms with Gasteiger partial charge in [-0.25, -0.2) is 4.98 Å². The van der Waals surface area contributed by atoms with Gasteiger partial charge in [0.1, 0.15) is 9.33 Å². The number of aromatic nitrogens is 1. The summed E-state index contributed by atoms with van der Waals surface area (Å²) in [6.45, 7) is 0.691. The first kappa shape index (κ1) is 15.4. The van der Waals surface area contributed by atoms with Crippen LogP contribution in [0.15, 0.2) is 23.1 Å². The van der Waals surface area contributed by atoms with Gasteiger partial charge in [-0.15, -0.1) is 11.3 Å². The van der Waals surface area contributed by atoms with Gasteiger partial charge in [0.2, 0.25) is 0 Å². The summed E-state index contributed by atoms with van der Waals surface area (Å²) in [7, 11) is 1.93. The molecule has 1 aliphatic heterocycles. The van der Waals surface area contributed by atoms with Crippen LogP contribution in [0, 0.1) is 0 Å². The third-order valence-corrected chi connectivity index (χ3v) is 5.29. The first-order chi connectivity index (χ1) is 10.6. The summed E-state index contributed by atoms with van der Waals surface area (Å²) in [6, 6.07) is 5.96. The maximum Gasteiger partial charge on any atom is 0.263 e. The number of benzene rings is 1. The molecule has 0 spiro atoms. The molecule has 3 rings (SSSR count). The number of nitrogens with zero attached hydrogens (tertiary/aromatic N) is 2. The Morgan fingerprint density at radius 2 is 2.32 bits per heavy atom. The van der Waals surface area contributed by atoms with Gasteiger partial charge in [-0.05, 0) is 24.3 Å². The average Bonchev–Trinajstić information content (AvgIpc) is 3.01. The van der Waals surface area contributed by atoms with Crippen molar-refractivity contribution >= 4 is 67.5 Å². The van der Waals surface area contributed by atoms with E-state index < -0.39 is 0 Å². The Morgan fingerprint density at radius 1 is 1.50 bits per heavy atom. The number of anilines is 1. The van der Waals surface area contributed by atoms with Gasteiger partial charge in [-0.3, -0.25) is 4.79 Å². The van der Waals surface area contributed by atoms with Gasteiger partial charge in [0.15, 0.2) is 0 Å². The number of thioether (sulfide) groups is 1. The van der Waals surface area contributed by atoms with Crippen molar-refractivity contribution in [2.45, 2.75) is 0 Å². The highest BCUT2D eigenvalue weighted by atomic mass is 32.2. The van der Waals surface area contributed by atoms with Crippen LogP contribution in [0.2, 0.25) is 0 Å². The topological polar surface area (TPSA) is 65.5 Å². The second-order valence-electron chi connectivity index (χ2n) is 4.70. The highest BCUT2D eigenvalue weighted by molar-refractivity contribution is 8.26. The van der Waals surface area contributed by atoms with E-state index in [1.807, 2.05) is 30.1 Å². The summed E-state index contributed by atoms with van der Waals surface area (Å²) < 4.78 is 1.52. The molecule has 1 amide bonds. The second-order valence-corrected chi connectivity index (χ2v) is 7.48. The lowest BCUT2D eigenvalue weighted by Crippen LogP contribution is -2.20. The molecule has 0 atom stereocenters. The Balaban J connectivity index is 1.91. The van der Waals surface area contributed by atoms with Crippen molar-refractivity contribution in [3.05, 3.63) is 28.1 Å². The number of amides is 1. The van der Waals surface area contributed by atoms with Crippen molar-refractivity contribution in [3.8, 4) is 0 Å². The van der Waals surface area contributed by atoms with Crippen molar-refractivity contribution in [2.75, 3.05) is 25.1 Å². The van der Waals surface area contributed by atoms with Crippen LogP contribution in [0.3, 0.4) is 0 Å². The van der Waals surface area contributed by atoms with Crippen LogP contribution < -0.4 is 10.2 Å². The zero-order valence-electron chi connectivity index (χ0n) is 11.7. The van der Waals surface area contributed by atoms with Crippen LogP contribution in [-0.4, -0.2) is 40.5 Å². The predicted molar refractivity (Wildman–Crippen MR) is 96.3 cm³/mol. The van der Waals surface area contributed by atoms with Crippen molar-refractivity contribution in [1.29, 1.82) is 0 Å². The number of aliphatic hydroxyl groups excluding tert-OH is 1. The maximum atomic E-state index is 11.7. The SMILES string of the molecule is CN(CCO)c1ccc2nc(/C=C3\SC(=S)NC3=O)sc2c1. The van der Waals surface area contributed by atoms with Gasteiger partial charge >= 0.3 is 0 Å². The molecule has 0 radical (unpaired) electrons. The minimum absolute atomic E-state index is 0.112. The number of likely N-dealkylation sites (N-methyl/N-ethyl adjacent to an activating group) is 1. The van der Waals surface area contributed by atoms with E-state index in [-0.39, 0.29) is 12.5 Å². The minimum atomic E-state index is -0.169. The molecule has 1 aliphatic rings. The van der Waals surface area contributed by atoms with Gasteiger partial charge in [0, 0.05) is 19.3 Å². The zero-order chi connectivity index (χ0) is 15.7. The molecule has 1 aromatic carbocycles. The lowest BCUT2D eigenvalue weighted by molar-refractivity contribution is -0.115. The van der Waals surface area contributed by atoms with E-state index in [4.69, 9.17) is 17.3 Å². The second kappa shape index (κ2) is 6.33. The zero-order valence-corrected chi connectivity index (χ0v) is 14.1. The Bertz CT molecular complexity index is 785. The largest absolute Gasteiger partial charge is 0.395 e. The van der Waals surface area contributed by atoms with E-state index in [9.17, 15) is 4.79 Å². The van der Waals surface area contributed by atoms with Gasteiger partial charge in [-0.1, -0.05) is 24.0 Å². The minimum Gasteiger partial charge on any atom is -0.395 e. The summed E-state index contributed by atoms with van der Waals surface area (Å²) in [4.78, 5) is 18.8. The fourth-order valence-electron chi connectivity index (χ4n) is 2.04. The third-order valence-electron chi connectivity index (χ3n) is 3.16. The number of thiocarbonyl (C=S) groups is 1. The fourth-order valence-corrected chi connectivity index (χ4v) is 4.08. The van der Waals surface area contributed by atoms with Crippen molar-refractivity contribution < 1.29 is 9.90 Å². The normalized spacial score (nSPS) is 16.5. The molecule has 2 heterocycles. The van der Waals surface area contributed by atoms with E-state index in [1.165, 1.54) is 23.1 Å². The van der Waals surface area contributed by atoms with Crippen molar-refractivity contribution in [1.82, 2.24) is 10.3 Å². The number of thiazole rings is 1. The molecule has 1 saturated heterocycles. The molecular weight excluding hydrogens is 338 g/mol. The van der Waals surface area contributed by atoms with Gasteiger partial charge < -0.3 is 15.3 Å². The number of carbonyl (C=O) groups is 1. The fraction of sp³-hybridized carbons (Fsp3) is 0.214. The summed E-state index contributed by atoms with van der Waals surface area (Å²) in [5.41, 5.74) is 1.92. The molecule has 2 aromatic rings. The number of rotatable bonds is 4. The summed E-state index contributed by atoms with van der Waals surface area (Å²) in [5, 5.41) is 12.4. The molecule has 2 N–H and O–H groups in total. The van der Waals surface area contributed by atoms with Crippen LogP contribution in [-0.2, 0) is 4.79 Å². The molecule has 1 aromatic heterocycles. The van der Waals surface area contributed by atoms with Crippen LogP contribution in [0.25, 0.3) is 16.3 Å². The monoisotopic (exact) mass is 351 g/mol. The van der Waals surface area contributed by atoms with Crippen molar-refractivity contribution in [2.24, 2.45) is 0 Å². The van der Waals surface area contributed by atoms with E-state index in [0.717, 1.165) is 20.9 Å². The number of carbonyl (C=O) groups excluding carboxylic acids is 1. The first-order valence-corrected chi connectivity index (χ1v) is 8.58. The summed E-state index contributed by atoms with van der Waals surface area (Å²) >= 11 is 7.75. The van der Waals surface area contributed by atoms with E-state index in [0.29, 0.717) is 15.8 Å². The molecule has 0 aliphatic carbocycles. The number of hydrogen-bond donors (Lipinski definition) is 2. The molecule has 0 saturated carbocycles. The molecular formula is C14H13N3O2S3. The maximum absolute atomic E-state index is 11.7. The van der Waals surface area contributed by atoms with E-state index in [1.54, 1.807) is 6.08 Å². The molecule has 5 nitrogen and oxygen atoms in total. The molecule has 0 unspecified atom stereocenters. The smallest absolute Gasteiger partial charge is 0.263 e. The van der Waals surface area contributed by atoms with Gasteiger partial charge in [0.05, 0.1) is 21.7 Å². The average molecular weight is 351 g/mol. The number of hydrogen-bond acceptors (Lipinski definition) is 7. The molecule has 114 valence electrons. The third kappa shape index (κ3) is 3.14. The lowest BCUT2D eigenvalue weighted by atomic mass is 10.3. The number of aliphatic hydroxyl groups is 1. The number of nitrogens with one attached hydrogen (secondary N) is 1. The molecule has 0 bridgehead atoms. The van der Waals surface area contributed by atoms with Crippen molar-refractivity contribution in [3.63, 3.8) is 0 Å². The Morgan fingerprint density at radius 3 is 3.00 bits per heavy atom. The summed E-state index contributed by atoms with van der Waals surface area (Å²) in [5.74, 6) is -0.169. The van der Waals surface area contributed by atoms with Crippen LogP contribution in [0.1, 0.15) is 5.01 Å². The lowest BCUT2D eigenvalue weighted by Gasteiger charge is -2.17. The molecule has 8 heteroatoms. The standard InChI is InChI=1S/C14H13N3O2S3/c1-17(4-5-18)8-2-3-9-10(6-8)21-12(15-9)7-11-13(19)16-14(20)22-11/h2-3,6-7,18H,4-5H2,1H3,(H,16,19,20)/b11-7-. The van der Waals surface area contributed by atoms with Crippen LogP contribution >= 0.6 is 35.3 Å². The highest BCUT2D eigenvalue weighted by Gasteiger charge is 2.22. The molecule has 1 fully saturated rings. The first-order valence-electron chi connectivity index (χ1n) is 6.54. The van der Waals surface area contributed by atoms with Crippen LogP contribution in [0.4, 0.5) is 5.69 Å². The van der Waals surface area contributed by atoms with E-state index >= 15 is 0 Å². The highest BCUT2D eigenvalue weighted by Crippen LogP contribution is 2.31. The van der Waals surface area contributed by atoms with E-state index in [2.05, 4.69) is 10.3 Å². The predicted octanol–water partition coefficient (Wildman–Crippen LogP) is 2.21. The van der Waals surface area contributed by atoms with Gasteiger partial charge in [-0.2, -0.15) is 0 Å². The number of fused-ring (bicyclic) bond motifs is 1. The Kier molecular flexibility index (Phi) is 4.44. The summed E-state index contributed by atoms with van der Waals surface area (Å²) in [6.07, 6.45) is 1.76. The van der Waals surface area contributed by atoms with Gasteiger partial charge in [0.25, 0.3) is 5.91 Å². The Hall–Kier alpha value is -1.48. The molecule has 22 heavy (non-hydrogen) atoms. The Labute approximate surface area is 141 Å². The quantitative estimate of drug-likeness (QED) is 0.650.